The summed E-state index contributed by atoms with van der Waals surface area (Å²) in [6.45, 7) is -1.35. The van der Waals surface area contributed by atoms with Crippen LogP contribution in [-0.4, -0.2) is 27.0 Å². The number of aromatic nitrogens is 2. The van der Waals surface area contributed by atoms with Gasteiger partial charge in [0.25, 0.3) is 0 Å². The highest BCUT2D eigenvalue weighted by Gasteiger charge is 2.28. The summed E-state index contributed by atoms with van der Waals surface area (Å²) in [7, 11) is 0. The molecule has 0 saturated carbocycles. The average Bonchev–Trinajstić information content (AvgIpc) is 2.78. The molecule has 1 heterocycles. The molecule has 1 aromatic carbocycles. The SMILES string of the molecule is O=C(O)Cc1cc(F)c(-c2cnn(CC(F)(F)F)c2)cc1F. The van der Waals surface area contributed by atoms with Crippen molar-refractivity contribution in [2.24, 2.45) is 0 Å². The number of hydrogen-bond donors (Lipinski definition) is 1. The van der Waals surface area contributed by atoms with Crippen molar-refractivity contribution in [2.45, 2.75) is 19.1 Å². The molecule has 118 valence electrons. The van der Waals surface area contributed by atoms with Crippen molar-refractivity contribution in [1.29, 1.82) is 0 Å². The van der Waals surface area contributed by atoms with E-state index in [-0.39, 0.29) is 16.7 Å². The Labute approximate surface area is 120 Å². The number of halogens is 5. The standard InChI is InChI=1S/C13H9F5N2O2/c14-10-3-9(11(15)1-7(10)2-12(21)22)8-4-19-20(5-8)6-13(16,17)18/h1,3-5H,2,6H2,(H,21,22). The molecule has 22 heavy (non-hydrogen) atoms. The number of rotatable bonds is 4. The van der Waals surface area contributed by atoms with Crippen LogP contribution in [0.1, 0.15) is 5.56 Å². The molecule has 0 spiro atoms. The second-order valence-corrected chi connectivity index (χ2v) is 4.54. The molecule has 2 aromatic rings. The lowest BCUT2D eigenvalue weighted by Crippen LogP contribution is -2.17. The predicted molar refractivity (Wildman–Crippen MR) is 65.0 cm³/mol. The van der Waals surface area contributed by atoms with Gasteiger partial charge in [0, 0.05) is 22.9 Å². The van der Waals surface area contributed by atoms with Gasteiger partial charge < -0.3 is 5.11 Å². The average molecular weight is 320 g/mol. The molecule has 0 amide bonds. The quantitative estimate of drug-likeness (QED) is 0.881. The van der Waals surface area contributed by atoms with Gasteiger partial charge in [-0.2, -0.15) is 18.3 Å². The molecule has 0 bridgehead atoms. The third-order valence-electron chi connectivity index (χ3n) is 2.76. The smallest absolute Gasteiger partial charge is 0.408 e. The van der Waals surface area contributed by atoms with Crippen molar-refractivity contribution in [3.05, 3.63) is 41.7 Å². The van der Waals surface area contributed by atoms with Crippen molar-refractivity contribution < 1.29 is 31.9 Å². The van der Waals surface area contributed by atoms with Gasteiger partial charge in [-0.15, -0.1) is 0 Å². The van der Waals surface area contributed by atoms with E-state index < -0.39 is 36.7 Å². The first-order valence-corrected chi connectivity index (χ1v) is 5.95. The van der Waals surface area contributed by atoms with Gasteiger partial charge in [-0.25, -0.2) is 8.78 Å². The van der Waals surface area contributed by atoms with Crippen molar-refractivity contribution in [3.8, 4) is 11.1 Å². The highest BCUT2D eigenvalue weighted by Crippen LogP contribution is 2.26. The van der Waals surface area contributed by atoms with E-state index in [0.717, 1.165) is 18.5 Å². The summed E-state index contributed by atoms with van der Waals surface area (Å²) in [5.41, 5.74) is -0.681. The largest absolute Gasteiger partial charge is 0.481 e. The lowest BCUT2D eigenvalue weighted by molar-refractivity contribution is -0.142. The summed E-state index contributed by atoms with van der Waals surface area (Å²) < 4.78 is 64.8. The molecule has 0 unspecified atom stereocenters. The number of carbonyl (C=O) groups is 1. The first-order valence-electron chi connectivity index (χ1n) is 5.95. The Morgan fingerprint density at radius 3 is 2.50 bits per heavy atom. The molecule has 0 aliphatic carbocycles. The van der Waals surface area contributed by atoms with E-state index >= 15 is 0 Å². The molecule has 0 aliphatic rings. The number of carboxylic acids is 1. The summed E-state index contributed by atoms with van der Waals surface area (Å²) in [5, 5.41) is 12.0. The zero-order valence-corrected chi connectivity index (χ0v) is 10.9. The summed E-state index contributed by atoms with van der Waals surface area (Å²) >= 11 is 0. The molecule has 1 N–H and O–H groups in total. The second-order valence-electron chi connectivity index (χ2n) is 4.54. The van der Waals surface area contributed by atoms with Crippen LogP contribution in [0.25, 0.3) is 11.1 Å². The Balaban J connectivity index is 2.33. The van der Waals surface area contributed by atoms with Gasteiger partial charge in [0.05, 0.1) is 12.6 Å². The maximum absolute atomic E-state index is 13.9. The number of aliphatic carboxylic acids is 1. The van der Waals surface area contributed by atoms with Crippen LogP contribution in [0.5, 0.6) is 0 Å². The Hall–Kier alpha value is -2.45. The molecule has 2 rings (SSSR count). The number of benzene rings is 1. The van der Waals surface area contributed by atoms with Crippen LogP contribution >= 0.6 is 0 Å². The fourth-order valence-corrected chi connectivity index (χ4v) is 1.88. The van der Waals surface area contributed by atoms with Crippen molar-refractivity contribution in [1.82, 2.24) is 9.78 Å². The summed E-state index contributed by atoms with van der Waals surface area (Å²) in [5.74, 6) is -3.23. The van der Waals surface area contributed by atoms with E-state index in [1.165, 1.54) is 0 Å². The maximum atomic E-state index is 13.9. The van der Waals surface area contributed by atoms with E-state index in [4.69, 9.17) is 5.11 Å². The molecule has 4 nitrogen and oxygen atoms in total. The fourth-order valence-electron chi connectivity index (χ4n) is 1.88. The lowest BCUT2D eigenvalue weighted by atomic mass is 10.0. The molecule has 0 fully saturated rings. The Bertz CT molecular complexity index is 709. The van der Waals surface area contributed by atoms with E-state index in [2.05, 4.69) is 5.10 Å². The highest BCUT2D eigenvalue weighted by molar-refractivity contribution is 5.71. The van der Waals surface area contributed by atoms with Gasteiger partial charge in [0.1, 0.15) is 18.2 Å². The molecule has 0 atom stereocenters. The predicted octanol–water partition coefficient (Wildman–Crippen LogP) is 3.02. The first-order chi connectivity index (χ1) is 10.2. The van der Waals surface area contributed by atoms with Gasteiger partial charge in [0.15, 0.2) is 0 Å². The molecular weight excluding hydrogens is 311 g/mol. The number of alkyl halides is 3. The van der Waals surface area contributed by atoms with E-state index in [1.807, 2.05) is 0 Å². The van der Waals surface area contributed by atoms with Crippen LogP contribution in [0.3, 0.4) is 0 Å². The van der Waals surface area contributed by atoms with E-state index in [9.17, 15) is 26.7 Å². The molecule has 0 radical (unpaired) electrons. The maximum Gasteiger partial charge on any atom is 0.408 e. The molecule has 0 aliphatic heterocycles. The van der Waals surface area contributed by atoms with Crippen LogP contribution in [0, 0.1) is 11.6 Å². The van der Waals surface area contributed by atoms with Crippen molar-refractivity contribution in [2.75, 3.05) is 0 Å². The first kappa shape index (κ1) is 15.9. The third-order valence-corrected chi connectivity index (χ3v) is 2.76. The third kappa shape index (κ3) is 3.80. The molecule has 9 heteroatoms. The Kier molecular flexibility index (Phi) is 4.16. The summed E-state index contributed by atoms with van der Waals surface area (Å²) in [6, 6.07) is 1.45. The van der Waals surface area contributed by atoms with Crippen LogP contribution in [0.2, 0.25) is 0 Å². The van der Waals surface area contributed by atoms with Crippen molar-refractivity contribution in [3.63, 3.8) is 0 Å². The van der Waals surface area contributed by atoms with Crippen molar-refractivity contribution >= 4 is 5.97 Å². The number of nitrogens with zero attached hydrogens (tertiary/aromatic N) is 2. The Morgan fingerprint density at radius 2 is 1.91 bits per heavy atom. The summed E-state index contributed by atoms with van der Waals surface area (Å²) in [4.78, 5) is 10.5. The minimum atomic E-state index is -4.49. The minimum Gasteiger partial charge on any atom is -0.481 e. The van der Waals surface area contributed by atoms with Crippen LogP contribution in [0.4, 0.5) is 22.0 Å². The van der Waals surface area contributed by atoms with E-state index in [0.29, 0.717) is 10.7 Å². The number of carboxylic acid groups (broad SMARTS) is 1. The van der Waals surface area contributed by atoms with E-state index in [1.54, 1.807) is 0 Å². The number of hydrogen-bond acceptors (Lipinski definition) is 2. The van der Waals surface area contributed by atoms with Gasteiger partial charge in [0.2, 0.25) is 0 Å². The molecular formula is C13H9F5N2O2. The molecule has 0 saturated heterocycles. The van der Waals surface area contributed by atoms with Crippen LogP contribution in [-0.2, 0) is 17.8 Å². The van der Waals surface area contributed by atoms with Crippen LogP contribution < -0.4 is 0 Å². The normalized spacial score (nSPS) is 11.7. The van der Waals surface area contributed by atoms with Gasteiger partial charge in [-0.05, 0) is 12.1 Å². The Morgan fingerprint density at radius 1 is 1.23 bits per heavy atom. The van der Waals surface area contributed by atoms with Gasteiger partial charge in [-0.3, -0.25) is 9.48 Å². The monoisotopic (exact) mass is 320 g/mol. The topological polar surface area (TPSA) is 55.1 Å². The lowest BCUT2D eigenvalue weighted by Gasteiger charge is -2.06. The zero-order valence-electron chi connectivity index (χ0n) is 10.9. The molecule has 1 aromatic heterocycles. The van der Waals surface area contributed by atoms with Gasteiger partial charge in [-0.1, -0.05) is 0 Å². The second kappa shape index (κ2) is 5.74. The van der Waals surface area contributed by atoms with Crippen LogP contribution in [0.15, 0.2) is 24.5 Å². The zero-order chi connectivity index (χ0) is 16.5. The fraction of sp³-hybridized carbons (Fsp3) is 0.231. The minimum absolute atomic E-state index is 0.0393. The summed E-state index contributed by atoms with van der Waals surface area (Å²) in [6.07, 6.45) is -3.28. The highest BCUT2D eigenvalue weighted by atomic mass is 19.4. The van der Waals surface area contributed by atoms with Gasteiger partial charge >= 0.3 is 12.1 Å².